The van der Waals surface area contributed by atoms with E-state index in [9.17, 15) is 4.79 Å². The van der Waals surface area contributed by atoms with E-state index in [1.807, 2.05) is 6.07 Å². The lowest BCUT2D eigenvalue weighted by Crippen LogP contribution is -2.37. The highest BCUT2D eigenvalue weighted by Crippen LogP contribution is 2.16. The Morgan fingerprint density at radius 3 is 3.12 bits per heavy atom. The van der Waals surface area contributed by atoms with Gasteiger partial charge in [-0.15, -0.1) is 0 Å². The van der Waals surface area contributed by atoms with E-state index in [-0.39, 0.29) is 5.91 Å². The fraction of sp³-hybridized carbons (Fsp3) is 0.500. The van der Waals surface area contributed by atoms with Crippen molar-refractivity contribution in [3.8, 4) is 0 Å². The average Bonchev–Trinajstić information content (AvgIpc) is 3.17. The molecule has 1 aliphatic heterocycles. The summed E-state index contributed by atoms with van der Waals surface area (Å²) in [5, 5.41) is 6.80. The molecule has 8 heteroatoms. The predicted molar refractivity (Wildman–Crippen MR) is 88.2 cm³/mol. The second-order valence-electron chi connectivity index (χ2n) is 6.11. The van der Waals surface area contributed by atoms with Crippen molar-refractivity contribution in [1.82, 2.24) is 24.9 Å². The Morgan fingerprint density at radius 2 is 2.42 bits per heavy atom. The number of nitrogens with zero attached hydrogens (tertiary/aromatic N) is 5. The maximum absolute atomic E-state index is 12.1. The van der Waals surface area contributed by atoms with E-state index in [0.717, 1.165) is 25.2 Å². The molecule has 0 spiro atoms. The predicted octanol–water partition coefficient (Wildman–Crippen LogP) is 0.918. The van der Waals surface area contributed by atoms with Crippen molar-refractivity contribution < 1.29 is 9.32 Å². The Balaban J connectivity index is 1.45. The van der Waals surface area contributed by atoms with Crippen molar-refractivity contribution in [2.24, 2.45) is 0 Å². The molecule has 0 saturated carbocycles. The van der Waals surface area contributed by atoms with Crippen molar-refractivity contribution in [1.29, 1.82) is 0 Å². The number of pyridine rings is 1. The van der Waals surface area contributed by atoms with Gasteiger partial charge >= 0.3 is 0 Å². The van der Waals surface area contributed by atoms with Crippen molar-refractivity contribution in [3.05, 3.63) is 36.2 Å². The monoisotopic (exact) mass is 330 g/mol. The third-order valence-corrected chi connectivity index (χ3v) is 4.14. The molecule has 1 aliphatic rings. The van der Waals surface area contributed by atoms with Crippen LogP contribution >= 0.6 is 0 Å². The number of hydrogen-bond donors (Lipinski definition) is 1. The zero-order valence-corrected chi connectivity index (χ0v) is 14.0. The first-order chi connectivity index (χ1) is 11.6. The number of aromatic nitrogens is 3. The van der Waals surface area contributed by atoms with Gasteiger partial charge in [0.25, 0.3) is 0 Å². The van der Waals surface area contributed by atoms with Gasteiger partial charge in [-0.1, -0.05) is 5.16 Å². The summed E-state index contributed by atoms with van der Waals surface area (Å²) >= 11 is 0. The van der Waals surface area contributed by atoms with E-state index < -0.39 is 0 Å². The molecule has 0 radical (unpaired) electrons. The molecule has 1 saturated heterocycles. The normalized spacial score (nSPS) is 18.2. The summed E-state index contributed by atoms with van der Waals surface area (Å²) in [7, 11) is 2.05. The second-order valence-corrected chi connectivity index (χ2v) is 6.11. The second kappa shape index (κ2) is 7.50. The van der Waals surface area contributed by atoms with Crippen LogP contribution in [0.4, 0.5) is 5.69 Å². The van der Waals surface area contributed by atoms with Crippen LogP contribution in [0.15, 0.2) is 29.0 Å². The minimum Gasteiger partial charge on any atom is -0.340 e. The molecule has 128 valence electrons. The molecule has 2 aromatic heterocycles. The number of nitrogens with one attached hydrogen (secondary N) is 1. The molecule has 8 nitrogen and oxygen atoms in total. The maximum Gasteiger partial charge on any atom is 0.238 e. The molecule has 0 bridgehead atoms. The summed E-state index contributed by atoms with van der Waals surface area (Å²) in [6.07, 6.45) is 4.35. The topological polar surface area (TPSA) is 87.4 Å². The maximum atomic E-state index is 12.1. The number of amides is 1. The van der Waals surface area contributed by atoms with Gasteiger partial charge in [0.2, 0.25) is 11.8 Å². The SMILES string of the molecule is Cc1nc(CN(C)C2CCN(CC(=O)Nc3cccnc3)C2)no1. The van der Waals surface area contributed by atoms with Gasteiger partial charge in [-0.2, -0.15) is 4.98 Å². The summed E-state index contributed by atoms with van der Waals surface area (Å²) in [6, 6.07) is 4.02. The summed E-state index contributed by atoms with van der Waals surface area (Å²) in [6.45, 7) is 4.58. The molecule has 2 aromatic rings. The minimum atomic E-state index is -0.0138. The van der Waals surface area contributed by atoms with Gasteiger partial charge < -0.3 is 9.84 Å². The lowest BCUT2D eigenvalue weighted by atomic mass is 10.2. The number of rotatable bonds is 6. The first kappa shape index (κ1) is 16.5. The van der Waals surface area contributed by atoms with Crippen LogP contribution < -0.4 is 5.32 Å². The van der Waals surface area contributed by atoms with Crippen molar-refractivity contribution >= 4 is 11.6 Å². The molecule has 0 aromatic carbocycles. The van der Waals surface area contributed by atoms with Gasteiger partial charge in [0.15, 0.2) is 5.82 Å². The molecule has 1 fully saturated rings. The van der Waals surface area contributed by atoms with Crippen LogP contribution in [0.1, 0.15) is 18.1 Å². The van der Waals surface area contributed by atoms with Crippen LogP contribution in [0.25, 0.3) is 0 Å². The zero-order valence-electron chi connectivity index (χ0n) is 14.0. The van der Waals surface area contributed by atoms with E-state index in [1.165, 1.54) is 0 Å². The fourth-order valence-electron chi connectivity index (χ4n) is 2.91. The summed E-state index contributed by atoms with van der Waals surface area (Å²) in [4.78, 5) is 24.7. The van der Waals surface area contributed by atoms with Gasteiger partial charge in [0.1, 0.15) is 0 Å². The van der Waals surface area contributed by atoms with Gasteiger partial charge in [-0.25, -0.2) is 0 Å². The number of likely N-dealkylation sites (N-methyl/N-ethyl adjacent to an activating group) is 1. The van der Waals surface area contributed by atoms with E-state index in [0.29, 0.717) is 30.8 Å². The van der Waals surface area contributed by atoms with Crippen LogP contribution in [0.2, 0.25) is 0 Å². The van der Waals surface area contributed by atoms with Crippen molar-refractivity contribution in [3.63, 3.8) is 0 Å². The summed E-state index contributed by atoms with van der Waals surface area (Å²) in [5.41, 5.74) is 0.725. The number of anilines is 1. The molecule has 1 amide bonds. The quantitative estimate of drug-likeness (QED) is 0.842. The number of carbonyl (C=O) groups is 1. The van der Waals surface area contributed by atoms with E-state index >= 15 is 0 Å². The minimum absolute atomic E-state index is 0.0138. The number of likely N-dealkylation sites (tertiary alicyclic amines) is 1. The molecule has 24 heavy (non-hydrogen) atoms. The lowest BCUT2D eigenvalue weighted by Gasteiger charge is -2.23. The van der Waals surface area contributed by atoms with Crippen LogP contribution in [0, 0.1) is 6.92 Å². The van der Waals surface area contributed by atoms with Crippen LogP contribution in [-0.2, 0) is 11.3 Å². The Hall–Kier alpha value is -2.32. The smallest absolute Gasteiger partial charge is 0.238 e. The van der Waals surface area contributed by atoms with Gasteiger partial charge in [-0.05, 0) is 25.6 Å². The third-order valence-electron chi connectivity index (χ3n) is 4.14. The van der Waals surface area contributed by atoms with E-state index in [2.05, 4.69) is 37.3 Å². The Labute approximate surface area is 140 Å². The first-order valence-electron chi connectivity index (χ1n) is 8.02. The van der Waals surface area contributed by atoms with Crippen LogP contribution in [-0.4, -0.2) is 63.6 Å². The average molecular weight is 330 g/mol. The van der Waals surface area contributed by atoms with Gasteiger partial charge in [0, 0.05) is 32.3 Å². The number of carbonyl (C=O) groups excluding carboxylic acids is 1. The lowest BCUT2D eigenvalue weighted by molar-refractivity contribution is -0.117. The number of hydrogen-bond acceptors (Lipinski definition) is 7. The Kier molecular flexibility index (Phi) is 5.17. The fourth-order valence-corrected chi connectivity index (χ4v) is 2.91. The summed E-state index contributed by atoms with van der Waals surface area (Å²) < 4.78 is 5.00. The van der Waals surface area contributed by atoms with Gasteiger partial charge in [-0.3, -0.25) is 19.6 Å². The zero-order chi connectivity index (χ0) is 16.9. The van der Waals surface area contributed by atoms with Gasteiger partial charge in [0.05, 0.1) is 25.0 Å². The molecule has 0 aliphatic carbocycles. The Morgan fingerprint density at radius 1 is 1.54 bits per heavy atom. The standard InChI is InChI=1S/C16H22N6O2/c1-12-18-15(20-24-12)10-21(2)14-5-7-22(9-14)11-16(23)19-13-4-3-6-17-8-13/h3-4,6,8,14H,5,7,9-11H2,1-2H3,(H,19,23). The van der Waals surface area contributed by atoms with Crippen LogP contribution in [0.3, 0.4) is 0 Å². The third kappa shape index (κ3) is 4.36. The molecule has 1 atom stereocenters. The first-order valence-corrected chi connectivity index (χ1v) is 8.02. The molecular formula is C16H22N6O2. The largest absolute Gasteiger partial charge is 0.340 e. The molecular weight excluding hydrogens is 308 g/mol. The highest BCUT2D eigenvalue weighted by atomic mass is 16.5. The van der Waals surface area contributed by atoms with Crippen molar-refractivity contribution in [2.75, 3.05) is 32.0 Å². The highest BCUT2D eigenvalue weighted by molar-refractivity contribution is 5.92. The Bertz CT molecular complexity index is 674. The molecule has 3 heterocycles. The number of aryl methyl sites for hydroxylation is 1. The van der Waals surface area contributed by atoms with E-state index in [4.69, 9.17) is 4.52 Å². The molecule has 1 N–H and O–H groups in total. The summed E-state index contributed by atoms with van der Waals surface area (Å²) in [5.74, 6) is 1.27. The molecule has 3 rings (SSSR count). The van der Waals surface area contributed by atoms with Crippen molar-refractivity contribution in [2.45, 2.75) is 25.9 Å². The molecule has 1 unspecified atom stereocenters. The van der Waals surface area contributed by atoms with Crippen LogP contribution in [0.5, 0.6) is 0 Å². The highest BCUT2D eigenvalue weighted by Gasteiger charge is 2.27. The van der Waals surface area contributed by atoms with E-state index in [1.54, 1.807) is 25.4 Å².